The lowest BCUT2D eigenvalue weighted by molar-refractivity contribution is -0.289. The van der Waals surface area contributed by atoms with Gasteiger partial charge in [-0.15, -0.1) is 0 Å². The van der Waals surface area contributed by atoms with Crippen LogP contribution >= 0.6 is 0 Å². The molecule has 5 aliphatic rings. The van der Waals surface area contributed by atoms with E-state index >= 15 is 0 Å². The first-order chi connectivity index (χ1) is 14.2. The molecular weight excluding hydrogens is 382 g/mol. The van der Waals surface area contributed by atoms with Crippen molar-refractivity contribution in [1.82, 2.24) is 5.32 Å². The fourth-order valence-corrected chi connectivity index (χ4v) is 6.64. The monoisotopic (exact) mass is 415 g/mol. The van der Waals surface area contributed by atoms with Crippen molar-refractivity contribution in [3.8, 4) is 11.5 Å². The molecular formula is C24H33NO5. The molecule has 6 heteroatoms. The molecule has 164 valence electrons. The van der Waals surface area contributed by atoms with Crippen molar-refractivity contribution in [2.45, 2.75) is 76.6 Å². The number of aliphatic hydroxyl groups is 2. The van der Waals surface area contributed by atoms with Crippen LogP contribution in [0.3, 0.4) is 0 Å². The highest BCUT2D eigenvalue weighted by Crippen LogP contribution is 2.67. The predicted molar refractivity (Wildman–Crippen MR) is 111 cm³/mol. The molecule has 5 atom stereocenters. The zero-order chi connectivity index (χ0) is 21.3. The van der Waals surface area contributed by atoms with Gasteiger partial charge in [0.2, 0.25) is 0 Å². The minimum atomic E-state index is -1.38. The van der Waals surface area contributed by atoms with E-state index in [0.29, 0.717) is 30.4 Å². The van der Waals surface area contributed by atoms with Crippen molar-refractivity contribution in [3.05, 3.63) is 23.3 Å². The number of rotatable bonds is 3. The molecule has 1 aromatic carbocycles. The Morgan fingerprint density at radius 2 is 1.93 bits per heavy atom. The summed E-state index contributed by atoms with van der Waals surface area (Å²) in [6.07, 6.45) is 5.65. The average Bonchev–Trinajstić information content (AvgIpc) is 2.73. The second-order valence-electron chi connectivity index (χ2n) is 10.5. The Morgan fingerprint density at radius 3 is 2.63 bits per heavy atom. The highest BCUT2D eigenvalue weighted by atomic mass is 16.5. The molecule has 4 aliphatic carbocycles. The molecule has 0 aromatic heterocycles. The molecule has 4 fully saturated rings. The third-order valence-corrected chi connectivity index (χ3v) is 8.71. The molecule has 2 bridgehead atoms. The zero-order valence-corrected chi connectivity index (χ0v) is 17.9. The average molecular weight is 416 g/mol. The summed E-state index contributed by atoms with van der Waals surface area (Å²) in [5.74, 6) is 0.505. The quantitative estimate of drug-likeness (QED) is 0.607. The lowest BCUT2D eigenvalue weighted by Gasteiger charge is -2.67. The molecule has 1 heterocycles. The Balaban J connectivity index is 1.44. The minimum Gasteiger partial charge on any atom is -0.507 e. The number of carbonyl (C=O) groups excluding carboxylic acids is 1. The van der Waals surface area contributed by atoms with Crippen molar-refractivity contribution in [1.29, 1.82) is 0 Å². The number of aromatic hydroxyl groups is 1. The number of aliphatic hydroxyl groups excluding tert-OH is 1. The largest absolute Gasteiger partial charge is 0.507 e. The first-order valence-corrected chi connectivity index (χ1v) is 11.5. The lowest BCUT2D eigenvalue weighted by Crippen LogP contribution is -2.72. The van der Waals surface area contributed by atoms with Crippen molar-refractivity contribution in [2.75, 3.05) is 6.54 Å². The highest BCUT2D eigenvalue weighted by molar-refractivity contribution is 6.00. The lowest BCUT2D eigenvalue weighted by atomic mass is 9.42. The van der Waals surface area contributed by atoms with Gasteiger partial charge in [0.05, 0.1) is 0 Å². The van der Waals surface area contributed by atoms with Gasteiger partial charge in [-0.3, -0.25) is 4.79 Å². The molecule has 6 nitrogen and oxygen atoms in total. The van der Waals surface area contributed by atoms with E-state index in [1.54, 1.807) is 6.07 Å². The van der Waals surface area contributed by atoms with E-state index in [9.17, 15) is 20.1 Å². The van der Waals surface area contributed by atoms with E-state index in [1.807, 2.05) is 0 Å². The van der Waals surface area contributed by atoms with Crippen LogP contribution in [-0.2, 0) is 0 Å². The predicted octanol–water partition coefficient (Wildman–Crippen LogP) is 3.29. The number of phenols is 1. The number of hydrogen-bond donors (Lipinski definition) is 4. The van der Waals surface area contributed by atoms with Gasteiger partial charge in [0, 0.05) is 12.1 Å². The number of amides is 1. The highest BCUT2D eigenvalue weighted by Gasteiger charge is 2.69. The van der Waals surface area contributed by atoms with Gasteiger partial charge in [0.1, 0.15) is 34.9 Å². The SMILES string of the molecule is CC1(C)[C@@H]2C[C@H]1[C@@]1(O)[C@@H](C2)Oc2c(ccc(O)c2C(=O)NCC2CCCCC2)[C@@H]1O. The fraction of sp³-hybridized carbons (Fsp3) is 0.708. The summed E-state index contributed by atoms with van der Waals surface area (Å²) in [6, 6.07) is 2.99. The van der Waals surface area contributed by atoms with Gasteiger partial charge in [-0.2, -0.15) is 0 Å². The molecule has 1 amide bonds. The summed E-state index contributed by atoms with van der Waals surface area (Å²) in [5, 5.41) is 36.3. The maximum absolute atomic E-state index is 13.0. The first-order valence-electron chi connectivity index (χ1n) is 11.5. The van der Waals surface area contributed by atoms with Gasteiger partial charge >= 0.3 is 0 Å². The molecule has 4 N–H and O–H groups in total. The van der Waals surface area contributed by atoms with Crippen LogP contribution in [0.2, 0.25) is 0 Å². The van der Waals surface area contributed by atoms with Gasteiger partial charge in [0.15, 0.2) is 0 Å². The molecule has 0 unspecified atom stereocenters. The van der Waals surface area contributed by atoms with Crippen LogP contribution in [0.5, 0.6) is 11.5 Å². The molecule has 6 rings (SSSR count). The second kappa shape index (κ2) is 6.86. The Kier molecular flexibility index (Phi) is 4.60. The topological polar surface area (TPSA) is 99.0 Å². The van der Waals surface area contributed by atoms with Crippen LogP contribution in [0.1, 0.15) is 80.8 Å². The van der Waals surface area contributed by atoms with Crippen LogP contribution in [0, 0.1) is 23.2 Å². The number of fused-ring (bicyclic) bond motifs is 1. The third kappa shape index (κ3) is 2.72. The molecule has 1 aliphatic heterocycles. The van der Waals surface area contributed by atoms with Crippen molar-refractivity contribution in [2.24, 2.45) is 23.2 Å². The maximum atomic E-state index is 13.0. The molecule has 1 aromatic rings. The summed E-state index contributed by atoms with van der Waals surface area (Å²) in [5.41, 5.74) is -0.971. The summed E-state index contributed by atoms with van der Waals surface area (Å²) in [7, 11) is 0. The van der Waals surface area contributed by atoms with Gasteiger partial charge < -0.3 is 25.4 Å². The third-order valence-electron chi connectivity index (χ3n) is 8.71. The Bertz CT molecular complexity index is 861. The summed E-state index contributed by atoms with van der Waals surface area (Å²) >= 11 is 0. The molecule has 0 saturated heterocycles. The van der Waals surface area contributed by atoms with Crippen LogP contribution in [0.25, 0.3) is 0 Å². The number of nitrogens with one attached hydrogen (secondary N) is 1. The summed E-state index contributed by atoms with van der Waals surface area (Å²) in [6.45, 7) is 4.86. The van der Waals surface area contributed by atoms with Gasteiger partial charge in [0.25, 0.3) is 5.91 Å². The van der Waals surface area contributed by atoms with Crippen LogP contribution in [-0.4, -0.2) is 39.5 Å². The van der Waals surface area contributed by atoms with E-state index in [1.165, 1.54) is 25.3 Å². The maximum Gasteiger partial charge on any atom is 0.258 e. The Labute approximate surface area is 177 Å². The van der Waals surface area contributed by atoms with Gasteiger partial charge in [-0.05, 0) is 61.0 Å². The number of benzene rings is 1. The Hall–Kier alpha value is -1.79. The molecule has 0 spiro atoms. The molecule has 30 heavy (non-hydrogen) atoms. The zero-order valence-electron chi connectivity index (χ0n) is 17.9. The van der Waals surface area contributed by atoms with Gasteiger partial charge in [-0.1, -0.05) is 33.1 Å². The number of phenolic OH excluding ortho intramolecular Hbond substituents is 1. The van der Waals surface area contributed by atoms with E-state index in [4.69, 9.17) is 4.74 Å². The van der Waals surface area contributed by atoms with E-state index in [0.717, 1.165) is 19.3 Å². The number of hydrogen-bond acceptors (Lipinski definition) is 5. The number of carbonyl (C=O) groups is 1. The number of ether oxygens (including phenoxy) is 1. The van der Waals surface area contributed by atoms with Crippen molar-refractivity contribution >= 4 is 5.91 Å². The Morgan fingerprint density at radius 1 is 1.20 bits per heavy atom. The summed E-state index contributed by atoms with van der Waals surface area (Å²) < 4.78 is 6.20. The summed E-state index contributed by atoms with van der Waals surface area (Å²) in [4.78, 5) is 13.0. The van der Waals surface area contributed by atoms with Crippen molar-refractivity contribution in [3.63, 3.8) is 0 Å². The minimum absolute atomic E-state index is 0.0514. The van der Waals surface area contributed by atoms with E-state index in [2.05, 4.69) is 19.2 Å². The van der Waals surface area contributed by atoms with Crippen LogP contribution < -0.4 is 10.1 Å². The smallest absolute Gasteiger partial charge is 0.258 e. The van der Waals surface area contributed by atoms with Crippen LogP contribution in [0.4, 0.5) is 0 Å². The first kappa shape index (κ1) is 20.1. The molecule has 4 saturated carbocycles. The molecule has 0 radical (unpaired) electrons. The van der Waals surface area contributed by atoms with E-state index in [-0.39, 0.29) is 34.3 Å². The normalized spacial score (nSPS) is 36.7. The van der Waals surface area contributed by atoms with Gasteiger partial charge in [-0.25, -0.2) is 0 Å². The van der Waals surface area contributed by atoms with Crippen molar-refractivity contribution < 1.29 is 24.9 Å². The fourth-order valence-electron chi connectivity index (χ4n) is 6.64. The van der Waals surface area contributed by atoms with E-state index < -0.39 is 17.8 Å². The standard InChI is InChI=1S/C24H33NO5/c1-23(2)14-10-17(23)24(29)18(11-14)30-20-15(21(24)27)8-9-16(26)19(20)22(28)25-12-13-6-4-3-5-7-13/h8-9,13-14,17-18,21,26-27,29H,3-7,10-12H2,1-2H3,(H,25,28)/t14-,17-,18-,21+,24-/m1/s1. The van der Waals surface area contributed by atoms with Crippen LogP contribution in [0.15, 0.2) is 12.1 Å². The second-order valence-corrected chi connectivity index (χ2v) is 10.5.